The molecule has 1 aromatic rings. The summed E-state index contributed by atoms with van der Waals surface area (Å²) in [6.07, 6.45) is 2.94. The number of benzene rings is 1. The first-order valence-corrected chi connectivity index (χ1v) is 7.22. The van der Waals surface area contributed by atoms with E-state index >= 15 is 0 Å². The second kappa shape index (κ2) is 6.40. The van der Waals surface area contributed by atoms with E-state index < -0.39 is 0 Å². The lowest BCUT2D eigenvalue weighted by Crippen LogP contribution is -2.31. The number of aliphatic hydroxyl groups excluding tert-OH is 1. The number of fused-ring (bicyclic) bond motifs is 1. The average Bonchev–Trinajstić information content (AvgIpc) is 2.53. The van der Waals surface area contributed by atoms with Crippen LogP contribution >= 0.6 is 0 Å². The molecule has 0 saturated carbocycles. The lowest BCUT2D eigenvalue weighted by atomic mass is 9.96. The maximum atomic E-state index is 9.04. The Labute approximate surface area is 116 Å². The van der Waals surface area contributed by atoms with E-state index in [-0.39, 0.29) is 6.61 Å². The summed E-state index contributed by atoms with van der Waals surface area (Å²) < 4.78 is 5.92. The number of aryl methyl sites for hydroxylation is 2. The van der Waals surface area contributed by atoms with Gasteiger partial charge in [0.2, 0.25) is 0 Å². The standard InChI is InChI=1S/C16H25NO2/c1-11-9-12(2)16-14(10-11)15(5-4-8-19-16)17-13(3)6-7-18/h9-10,13,15,17-18H,4-8H2,1-3H3/t13-,15?/m1/s1. The van der Waals surface area contributed by atoms with E-state index in [1.165, 1.54) is 16.7 Å². The van der Waals surface area contributed by atoms with Crippen LogP contribution in [0.5, 0.6) is 5.75 Å². The number of nitrogens with one attached hydrogen (secondary N) is 1. The van der Waals surface area contributed by atoms with Crippen molar-refractivity contribution in [1.29, 1.82) is 0 Å². The minimum absolute atomic E-state index is 0.233. The Morgan fingerprint density at radius 3 is 2.95 bits per heavy atom. The van der Waals surface area contributed by atoms with Crippen molar-refractivity contribution in [3.63, 3.8) is 0 Å². The van der Waals surface area contributed by atoms with Gasteiger partial charge < -0.3 is 15.2 Å². The molecule has 3 heteroatoms. The van der Waals surface area contributed by atoms with Crippen molar-refractivity contribution < 1.29 is 9.84 Å². The smallest absolute Gasteiger partial charge is 0.126 e. The third-order valence-corrected chi connectivity index (χ3v) is 3.75. The van der Waals surface area contributed by atoms with Gasteiger partial charge in [-0.2, -0.15) is 0 Å². The highest BCUT2D eigenvalue weighted by Gasteiger charge is 2.22. The molecular formula is C16H25NO2. The Bertz CT molecular complexity index is 431. The third kappa shape index (κ3) is 3.48. The minimum Gasteiger partial charge on any atom is -0.493 e. The van der Waals surface area contributed by atoms with Gasteiger partial charge in [0, 0.05) is 24.3 Å². The van der Waals surface area contributed by atoms with Gasteiger partial charge in [-0.15, -0.1) is 0 Å². The molecule has 1 unspecified atom stereocenters. The zero-order valence-electron chi connectivity index (χ0n) is 12.2. The molecule has 2 atom stereocenters. The Morgan fingerprint density at radius 1 is 1.42 bits per heavy atom. The van der Waals surface area contributed by atoms with Gasteiger partial charge in [-0.25, -0.2) is 0 Å². The topological polar surface area (TPSA) is 41.5 Å². The normalized spacial score (nSPS) is 20.3. The third-order valence-electron chi connectivity index (χ3n) is 3.75. The molecule has 0 amide bonds. The van der Waals surface area contributed by atoms with Crippen LogP contribution in [0.1, 0.15) is 48.9 Å². The molecule has 0 radical (unpaired) electrons. The van der Waals surface area contributed by atoms with Crippen molar-refractivity contribution >= 4 is 0 Å². The quantitative estimate of drug-likeness (QED) is 0.877. The highest BCUT2D eigenvalue weighted by molar-refractivity contribution is 5.46. The molecule has 0 aliphatic carbocycles. The fourth-order valence-corrected chi connectivity index (χ4v) is 2.85. The molecule has 1 aromatic carbocycles. The molecule has 2 N–H and O–H groups in total. The predicted octanol–water partition coefficient (Wildman–Crippen LogP) is 2.88. The van der Waals surface area contributed by atoms with E-state index in [2.05, 4.69) is 38.2 Å². The van der Waals surface area contributed by atoms with Crippen molar-refractivity contribution in [3.05, 3.63) is 28.8 Å². The molecule has 0 aromatic heterocycles. The fraction of sp³-hybridized carbons (Fsp3) is 0.625. The Balaban J connectivity index is 2.26. The predicted molar refractivity (Wildman–Crippen MR) is 77.7 cm³/mol. The van der Waals surface area contributed by atoms with E-state index in [4.69, 9.17) is 9.84 Å². The number of aliphatic hydroxyl groups is 1. The first kappa shape index (κ1) is 14.4. The SMILES string of the molecule is Cc1cc(C)c2c(c1)C(N[C@H](C)CCO)CCCO2. The molecule has 3 nitrogen and oxygen atoms in total. The van der Waals surface area contributed by atoms with Gasteiger partial charge >= 0.3 is 0 Å². The van der Waals surface area contributed by atoms with Gasteiger partial charge in [0.05, 0.1) is 6.61 Å². The van der Waals surface area contributed by atoms with Gasteiger partial charge in [-0.3, -0.25) is 0 Å². The summed E-state index contributed by atoms with van der Waals surface area (Å²) in [7, 11) is 0. The Hall–Kier alpha value is -1.06. The minimum atomic E-state index is 0.233. The summed E-state index contributed by atoms with van der Waals surface area (Å²) in [6.45, 7) is 7.41. The fourth-order valence-electron chi connectivity index (χ4n) is 2.85. The van der Waals surface area contributed by atoms with Crippen LogP contribution in [0.2, 0.25) is 0 Å². The zero-order chi connectivity index (χ0) is 13.8. The second-order valence-corrected chi connectivity index (χ2v) is 5.62. The van der Waals surface area contributed by atoms with Crippen molar-refractivity contribution in [2.24, 2.45) is 0 Å². The van der Waals surface area contributed by atoms with Crippen LogP contribution < -0.4 is 10.1 Å². The molecule has 0 fully saturated rings. The summed E-state index contributed by atoms with van der Waals surface area (Å²) in [5, 5.41) is 12.7. The number of hydrogen-bond donors (Lipinski definition) is 2. The van der Waals surface area contributed by atoms with Gasteiger partial charge in [0.15, 0.2) is 0 Å². The maximum Gasteiger partial charge on any atom is 0.126 e. The maximum absolute atomic E-state index is 9.04. The molecule has 106 valence electrons. The van der Waals surface area contributed by atoms with Gasteiger partial charge in [-0.1, -0.05) is 17.7 Å². The van der Waals surface area contributed by atoms with Gasteiger partial charge in [-0.05, 0) is 45.6 Å². The van der Waals surface area contributed by atoms with Crippen LogP contribution in [0.15, 0.2) is 12.1 Å². The summed E-state index contributed by atoms with van der Waals surface area (Å²) >= 11 is 0. The summed E-state index contributed by atoms with van der Waals surface area (Å²) in [4.78, 5) is 0. The van der Waals surface area contributed by atoms with Crippen LogP contribution in [0.4, 0.5) is 0 Å². The average molecular weight is 263 g/mol. The van der Waals surface area contributed by atoms with E-state index in [9.17, 15) is 0 Å². The van der Waals surface area contributed by atoms with Crippen LogP contribution in [0.3, 0.4) is 0 Å². The highest BCUT2D eigenvalue weighted by atomic mass is 16.5. The lowest BCUT2D eigenvalue weighted by molar-refractivity contribution is 0.261. The molecule has 2 rings (SSSR count). The van der Waals surface area contributed by atoms with Crippen LogP contribution in [-0.4, -0.2) is 24.4 Å². The van der Waals surface area contributed by atoms with Crippen molar-refractivity contribution in [3.8, 4) is 5.75 Å². The van der Waals surface area contributed by atoms with Crippen LogP contribution in [0, 0.1) is 13.8 Å². The van der Waals surface area contributed by atoms with E-state index in [1.54, 1.807) is 0 Å². The van der Waals surface area contributed by atoms with Crippen molar-refractivity contribution in [1.82, 2.24) is 5.32 Å². The second-order valence-electron chi connectivity index (χ2n) is 5.62. The highest BCUT2D eigenvalue weighted by Crippen LogP contribution is 2.35. The van der Waals surface area contributed by atoms with E-state index in [1.807, 2.05) is 0 Å². The van der Waals surface area contributed by atoms with Crippen LogP contribution in [0.25, 0.3) is 0 Å². The monoisotopic (exact) mass is 263 g/mol. The van der Waals surface area contributed by atoms with Crippen LogP contribution in [-0.2, 0) is 0 Å². The Kier molecular flexibility index (Phi) is 4.83. The van der Waals surface area contributed by atoms with Crippen molar-refractivity contribution in [2.75, 3.05) is 13.2 Å². The molecular weight excluding hydrogens is 238 g/mol. The Morgan fingerprint density at radius 2 is 2.21 bits per heavy atom. The molecule has 0 bridgehead atoms. The zero-order valence-corrected chi connectivity index (χ0v) is 12.2. The lowest BCUT2D eigenvalue weighted by Gasteiger charge is -2.24. The van der Waals surface area contributed by atoms with Gasteiger partial charge in [0.25, 0.3) is 0 Å². The van der Waals surface area contributed by atoms with Crippen molar-refractivity contribution in [2.45, 2.75) is 52.1 Å². The number of ether oxygens (including phenoxy) is 1. The number of hydrogen-bond acceptors (Lipinski definition) is 3. The summed E-state index contributed by atoms with van der Waals surface area (Å²) in [5.74, 6) is 1.05. The first-order valence-electron chi connectivity index (χ1n) is 7.22. The largest absolute Gasteiger partial charge is 0.493 e. The molecule has 0 saturated heterocycles. The number of rotatable bonds is 4. The van der Waals surface area contributed by atoms with E-state index in [0.717, 1.165) is 31.6 Å². The van der Waals surface area contributed by atoms with E-state index in [0.29, 0.717) is 12.1 Å². The molecule has 1 aliphatic rings. The molecule has 1 heterocycles. The van der Waals surface area contributed by atoms with Gasteiger partial charge in [0.1, 0.15) is 5.75 Å². The molecule has 1 aliphatic heterocycles. The summed E-state index contributed by atoms with van der Waals surface area (Å²) in [5.41, 5.74) is 3.78. The molecule has 0 spiro atoms. The summed E-state index contributed by atoms with van der Waals surface area (Å²) in [6, 6.07) is 5.06. The first-order chi connectivity index (χ1) is 9.11. The molecule has 19 heavy (non-hydrogen) atoms.